The zero-order valence-electron chi connectivity index (χ0n) is 11.9. The molecule has 0 aliphatic carbocycles. The largest absolute Gasteiger partial charge is 1.00 e. The predicted octanol–water partition coefficient (Wildman–Crippen LogP) is 0.345. The van der Waals surface area contributed by atoms with Gasteiger partial charge in [0.15, 0.2) is 0 Å². The Bertz CT molecular complexity index is 782. The van der Waals surface area contributed by atoms with Gasteiger partial charge in [0.2, 0.25) is 11.5 Å². The van der Waals surface area contributed by atoms with Gasteiger partial charge in [0.1, 0.15) is 0 Å². The third-order valence-corrected chi connectivity index (χ3v) is 3.21. The van der Waals surface area contributed by atoms with Gasteiger partial charge in [-0.1, -0.05) is 48.5 Å². The van der Waals surface area contributed by atoms with Crippen molar-refractivity contribution in [3.05, 3.63) is 66.4 Å². The van der Waals surface area contributed by atoms with E-state index >= 15 is 0 Å². The minimum Gasteiger partial charge on any atom is -1.00 e. The highest BCUT2D eigenvalue weighted by atomic mass is 35.5. The molecule has 112 valence electrons. The maximum atomic E-state index is 11.9. The van der Waals surface area contributed by atoms with Gasteiger partial charge in [-0.05, 0) is 12.1 Å². The van der Waals surface area contributed by atoms with Crippen LogP contribution in [0, 0.1) is 0 Å². The summed E-state index contributed by atoms with van der Waals surface area (Å²) in [6, 6.07) is 18.4. The standard InChI is InChI=1S/C17H14NO3.ClH/c1-12(19)15-16(13-8-4-2-5-9-13)21-17(18(15)20)14-10-6-3-7-11-14;/h2-11,20H,1H3;1H/q+1;/p-1. The number of halogens is 1. The molecule has 0 unspecified atom stereocenters. The zero-order valence-corrected chi connectivity index (χ0v) is 12.6. The molecule has 5 heteroatoms. The molecule has 0 bridgehead atoms. The van der Waals surface area contributed by atoms with Crippen LogP contribution in [0.4, 0.5) is 0 Å². The van der Waals surface area contributed by atoms with Crippen molar-refractivity contribution in [2.75, 3.05) is 0 Å². The highest BCUT2D eigenvalue weighted by Crippen LogP contribution is 2.28. The van der Waals surface area contributed by atoms with Crippen LogP contribution in [0.25, 0.3) is 22.8 Å². The van der Waals surface area contributed by atoms with Gasteiger partial charge in [0.05, 0.1) is 10.3 Å². The quantitative estimate of drug-likeness (QED) is 0.431. The first-order chi connectivity index (χ1) is 10.2. The van der Waals surface area contributed by atoms with Gasteiger partial charge in [-0.15, -0.1) is 0 Å². The van der Waals surface area contributed by atoms with Crippen LogP contribution in [-0.2, 0) is 0 Å². The van der Waals surface area contributed by atoms with E-state index in [1.54, 1.807) is 0 Å². The molecule has 0 saturated carbocycles. The Hall–Kier alpha value is -2.59. The molecule has 1 N–H and O–H groups in total. The van der Waals surface area contributed by atoms with Crippen molar-refractivity contribution in [3.8, 4) is 22.8 Å². The molecule has 3 rings (SSSR count). The normalized spacial score (nSPS) is 10.0. The van der Waals surface area contributed by atoms with Gasteiger partial charge >= 0.3 is 11.6 Å². The molecule has 0 spiro atoms. The van der Waals surface area contributed by atoms with Crippen LogP contribution in [-0.4, -0.2) is 11.0 Å². The molecule has 0 aliphatic rings. The lowest BCUT2D eigenvalue weighted by Crippen LogP contribution is -3.00. The molecular weight excluding hydrogens is 302 g/mol. The fourth-order valence-electron chi connectivity index (χ4n) is 2.24. The van der Waals surface area contributed by atoms with Crippen molar-refractivity contribution in [1.29, 1.82) is 0 Å². The number of hydrogen-bond donors (Lipinski definition) is 1. The van der Waals surface area contributed by atoms with Crippen molar-refractivity contribution in [3.63, 3.8) is 0 Å². The van der Waals surface area contributed by atoms with Crippen LogP contribution < -0.4 is 17.1 Å². The SMILES string of the molecule is CC(=O)c1c(-c2ccccc2)oc(-c2ccccc2)[n+]1O.[Cl-]. The topological polar surface area (TPSA) is 54.3 Å². The van der Waals surface area contributed by atoms with Crippen LogP contribution >= 0.6 is 0 Å². The van der Waals surface area contributed by atoms with Crippen molar-refractivity contribution in [1.82, 2.24) is 0 Å². The molecule has 3 aromatic rings. The molecule has 22 heavy (non-hydrogen) atoms. The molecule has 4 nitrogen and oxygen atoms in total. The van der Waals surface area contributed by atoms with E-state index in [0.29, 0.717) is 11.3 Å². The van der Waals surface area contributed by atoms with E-state index in [9.17, 15) is 10.0 Å². The number of ketones is 1. The monoisotopic (exact) mass is 315 g/mol. The van der Waals surface area contributed by atoms with Gasteiger partial charge < -0.3 is 16.8 Å². The lowest BCUT2D eigenvalue weighted by molar-refractivity contribution is -0.898. The first-order valence-corrected chi connectivity index (χ1v) is 6.58. The summed E-state index contributed by atoms with van der Waals surface area (Å²) >= 11 is 0. The second-order valence-corrected chi connectivity index (χ2v) is 4.68. The fraction of sp³-hybridized carbons (Fsp3) is 0.0588. The zero-order chi connectivity index (χ0) is 14.8. The summed E-state index contributed by atoms with van der Waals surface area (Å²) in [4.78, 5) is 11.9. The highest BCUT2D eigenvalue weighted by Gasteiger charge is 2.34. The van der Waals surface area contributed by atoms with Crippen LogP contribution in [0.2, 0.25) is 0 Å². The molecule has 0 fully saturated rings. The average molecular weight is 316 g/mol. The van der Waals surface area contributed by atoms with Crippen LogP contribution in [0.15, 0.2) is 65.1 Å². The Kier molecular flexibility index (Phi) is 4.63. The number of aromatic nitrogens is 1. The summed E-state index contributed by atoms with van der Waals surface area (Å²) in [6.07, 6.45) is 0. The number of Topliss-reactive ketones (excluding diaryl/α,β-unsaturated/α-hetero) is 1. The number of oxazole rings is 1. The third kappa shape index (κ3) is 2.73. The van der Waals surface area contributed by atoms with Crippen LogP contribution in [0.5, 0.6) is 0 Å². The summed E-state index contributed by atoms with van der Waals surface area (Å²) < 4.78 is 6.59. The number of carbonyl (C=O) groups excluding carboxylic acids is 1. The predicted molar refractivity (Wildman–Crippen MR) is 77.0 cm³/mol. The molecular formula is C17H14ClNO3. The summed E-state index contributed by atoms with van der Waals surface area (Å²) in [7, 11) is 0. The van der Waals surface area contributed by atoms with Crippen molar-refractivity contribution in [2.24, 2.45) is 0 Å². The molecule has 1 aromatic heterocycles. The van der Waals surface area contributed by atoms with Crippen molar-refractivity contribution < 1.29 is 31.6 Å². The Balaban J connectivity index is 0.00000176. The lowest BCUT2D eigenvalue weighted by Gasteiger charge is -1.93. The molecule has 0 saturated heterocycles. The Morgan fingerprint density at radius 3 is 1.95 bits per heavy atom. The van der Waals surface area contributed by atoms with Gasteiger partial charge in [-0.3, -0.25) is 10.0 Å². The molecule has 0 amide bonds. The minimum atomic E-state index is -0.262. The first-order valence-electron chi connectivity index (χ1n) is 6.58. The summed E-state index contributed by atoms with van der Waals surface area (Å²) in [5.74, 6) is 0.339. The van der Waals surface area contributed by atoms with Gasteiger partial charge in [-0.2, -0.15) is 0 Å². The van der Waals surface area contributed by atoms with Gasteiger partial charge in [0, 0.05) is 12.5 Å². The average Bonchev–Trinajstić information content (AvgIpc) is 2.87. The second-order valence-electron chi connectivity index (χ2n) is 4.68. The van der Waals surface area contributed by atoms with E-state index < -0.39 is 0 Å². The van der Waals surface area contributed by atoms with E-state index in [-0.39, 0.29) is 29.8 Å². The summed E-state index contributed by atoms with van der Waals surface area (Å²) in [5.41, 5.74) is 1.58. The Labute approximate surface area is 134 Å². The molecule has 2 aromatic carbocycles. The van der Waals surface area contributed by atoms with E-state index in [4.69, 9.17) is 4.42 Å². The number of nitrogens with zero attached hydrogens (tertiary/aromatic N) is 1. The van der Waals surface area contributed by atoms with Crippen molar-refractivity contribution in [2.45, 2.75) is 6.92 Å². The fourth-order valence-corrected chi connectivity index (χ4v) is 2.24. The van der Waals surface area contributed by atoms with E-state index in [1.165, 1.54) is 6.92 Å². The Morgan fingerprint density at radius 2 is 1.45 bits per heavy atom. The molecule has 0 radical (unpaired) electrons. The van der Waals surface area contributed by atoms with E-state index in [2.05, 4.69) is 0 Å². The number of carbonyl (C=O) groups is 1. The van der Waals surface area contributed by atoms with Crippen molar-refractivity contribution >= 4 is 5.78 Å². The third-order valence-electron chi connectivity index (χ3n) is 3.21. The smallest absolute Gasteiger partial charge is 0.430 e. The molecule has 0 atom stereocenters. The minimum absolute atomic E-state index is 0. The maximum absolute atomic E-state index is 11.9. The number of benzene rings is 2. The maximum Gasteiger partial charge on any atom is 0.430 e. The van der Waals surface area contributed by atoms with Gasteiger partial charge in [-0.25, -0.2) is 0 Å². The van der Waals surface area contributed by atoms with E-state index in [0.717, 1.165) is 10.3 Å². The summed E-state index contributed by atoms with van der Waals surface area (Å²) in [6.45, 7) is 1.40. The molecule has 0 aliphatic heterocycles. The second kappa shape index (κ2) is 6.45. The lowest BCUT2D eigenvalue weighted by atomic mass is 10.1. The number of hydrogen-bond acceptors (Lipinski definition) is 3. The van der Waals surface area contributed by atoms with Crippen LogP contribution in [0.1, 0.15) is 17.4 Å². The first kappa shape index (κ1) is 15.8. The van der Waals surface area contributed by atoms with Crippen LogP contribution in [0.3, 0.4) is 0 Å². The summed E-state index contributed by atoms with van der Waals surface area (Å²) in [5, 5.41) is 10.3. The van der Waals surface area contributed by atoms with E-state index in [1.807, 2.05) is 60.7 Å². The van der Waals surface area contributed by atoms with Gasteiger partial charge in [0.25, 0.3) is 0 Å². The Morgan fingerprint density at radius 1 is 0.955 bits per heavy atom. The molecule has 1 heterocycles. The number of rotatable bonds is 3. The highest BCUT2D eigenvalue weighted by molar-refractivity contribution is 5.96.